The summed E-state index contributed by atoms with van der Waals surface area (Å²) in [5.41, 5.74) is -0.517. The van der Waals surface area contributed by atoms with Crippen molar-refractivity contribution in [2.24, 2.45) is 0 Å². The molecule has 0 aliphatic heterocycles. The molecular formula is C24H29FN4O8S. The van der Waals surface area contributed by atoms with E-state index in [1.165, 1.54) is 56.4 Å². The Morgan fingerprint density at radius 3 is 2.50 bits per heavy atom. The summed E-state index contributed by atoms with van der Waals surface area (Å²) in [6, 6.07) is 7.82. The van der Waals surface area contributed by atoms with Crippen LogP contribution in [0.1, 0.15) is 16.7 Å². The zero-order valence-electron chi connectivity index (χ0n) is 20.9. The fraction of sp³-hybridized carbons (Fsp3) is 0.333. The minimum atomic E-state index is -3.99. The summed E-state index contributed by atoms with van der Waals surface area (Å²) in [5.74, 6) is -0.746. The molecule has 5 N–H and O–H groups in total. The predicted octanol–water partition coefficient (Wildman–Crippen LogP) is 0.902. The number of fused-ring (bicyclic) bond motifs is 1. The average Bonchev–Trinajstić information content (AvgIpc) is 2.88. The molecule has 0 atom stereocenters. The Kier molecular flexibility index (Phi) is 9.40. The number of carbonyl (C=O) groups excluding carboxylic acids is 1. The van der Waals surface area contributed by atoms with Gasteiger partial charge in [-0.1, -0.05) is 12.1 Å². The molecule has 3 aromatic rings. The number of nitrogens with one attached hydrogen (secondary N) is 3. The van der Waals surface area contributed by atoms with Crippen LogP contribution in [-0.4, -0.2) is 70.0 Å². The second-order valence-corrected chi connectivity index (χ2v) is 10.1. The normalized spacial score (nSPS) is 11.7. The Morgan fingerprint density at radius 2 is 1.87 bits per heavy atom. The van der Waals surface area contributed by atoms with E-state index in [1.54, 1.807) is 6.07 Å². The molecule has 0 saturated heterocycles. The van der Waals surface area contributed by atoms with Crippen molar-refractivity contribution < 1.29 is 37.0 Å². The van der Waals surface area contributed by atoms with Crippen molar-refractivity contribution in [1.29, 1.82) is 0 Å². The highest BCUT2D eigenvalue weighted by atomic mass is 32.2. The third kappa shape index (κ3) is 6.85. The van der Waals surface area contributed by atoms with Crippen LogP contribution < -0.4 is 25.1 Å². The zero-order valence-corrected chi connectivity index (χ0v) is 21.8. The molecule has 0 saturated carbocycles. The molecule has 14 heteroatoms. The molecule has 0 bridgehead atoms. The summed E-state index contributed by atoms with van der Waals surface area (Å²) in [7, 11) is 0.201. The van der Waals surface area contributed by atoms with E-state index in [2.05, 4.69) is 10.0 Å². The van der Waals surface area contributed by atoms with E-state index >= 15 is 4.39 Å². The molecule has 0 fully saturated rings. The van der Waals surface area contributed by atoms with Gasteiger partial charge in [0.25, 0.3) is 10.2 Å². The van der Waals surface area contributed by atoms with Gasteiger partial charge in [0.15, 0.2) is 5.82 Å². The second-order valence-electron chi connectivity index (χ2n) is 8.48. The van der Waals surface area contributed by atoms with Crippen molar-refractivity contribution in [1.82, 2.24) is 14.9 Å². The van der Waals surface area contributed by atoms with Crippen LogP contribution in [0, 0.1) is 5.82 Å². The molecule has 12 nitrogen and oxygen atoms in total. The molecule has 0 spiro atoms. The Hall–Kier alpha value is -3.56. The molecule has 0 aliphatic rings. The first-order valence-corrected chi connectivity index (χ1v) is 12.9. The second kappa shape index (κ2) is 12.3. The first-order chi connectivity index (χ1) is 18.0. The lowest BCUT2D eigenvalue weighted by atomic mass is 9.97. The number of halogens is 1. The van der Waals surface area contributed by atoms with Gasteiger partial charge >= 0.3 is 11.7 Å². The minimum Gasteiger partial charge on any atom is -0.422 e. The molecule has 1 amide bonds. The highest BCUT2D eigenvalue weighted by Gasteiger charge is 2.21. The third-order valence-electron chi connectivity index (χ3n) is 5.63. The van der Waals surface area contributed by atoms with E-state index in [9.17, 15) is 28.2 Å². The van der Waals surface area contributed by atoms with Crippen LogP contribution in [0.3, 0.4) is 0 Å². The monoisotopic (exact) mass is 552 g/mol. The van der Waals surface area contributed by atoms with Crippen molar-refractivity contribution in [2.75, 3.05) is 39.1 Å². The van der Waals surface area contributed by atoms with Gasteiger partial charge in [0.1, 0.15) is 11.3 Å². The first-order valence-electron chi connectivity index (χ1n) is 11.4. The van der Waals surface area contributed by atoms with Gasteiger partial charge in [0.2, 0.25) is 0 Å². The smallest absolute Gasteiger partial charge is 0.414 e. The number of aliphatic hydroxyl groups excluding tert-OH is 2. The van der Waals surface area contributed by atoms with Crippen molar-refractivity contribution in [3.63, 3.8) is 0 Å². The van der Waals surface area contributed by atoms with Crippen LogP contribution in [0.4, 0.5) is 14.9 Å². The lowest BCUT2D eigenvalue weighted by Gasteiger charge is -2.18. The molecule has 38 heavy (non-hydrogen) atoms. The number of hydrogen-bond acceptors (Lipinski definition) is 9. The van der Waals surface area contributed by atoms with Crippen LogP contribution in [0.2, 0.25) is 0 Å². The number of carbonyl (C=O) groups is 1. The van der Waals surface area contributed by atoms with Gasteiger partial charge in [0, 0.05) is 51.1 Å². The summed E-state index contributed by atoms with van der Waals surface area (Å²) in [6.45, 7) is -0.760. The van der Waals surface area contributed by atoms with E-state index in [-0.39, 0.29) is 54.3 Å². The highest BCUT2D eigenvalue weighted by molar-refractivity contribution is 7.90. The number of benzene rings is 2. The maximum absolute atomic E-state index is 15.2. The number of nitrogens with zero attached hydrogens (tertiary/aromatic N) is 1. The average molecular weight is 553 g/mol. The first kappa shape index (κ1) is 29.0. The molecule has 0 radical (unpaired) electrons. The molecule has 1 aromatic heterocycles. The van der Waals surface area contributed by atoms with E-state index < -0.39 is 33.8 Å². The number of ether oxygens (including phenoxy) is 1. The number of rotatable bonds is 11. The molecule has 1 heterocycles. The van der Waals surface area contributed by atoms with Crippen LogP contribution in [0.15, 0.2) is 45.6 Å². The quantitative estimate of drug-likeness (QED) is 0.217. The van der Waals surface area contributed by atoms with Gasteiger partial charge in [-0.3, -0.25) is 4.72 Å². The van der Waals surface area contributed by atoms with E-state index in [0.29, 0.717) is 10.9 Å². The number of aliphatic hydroxyl groups is 2. The van der Waals surface area contributed by atoms with Gasteiger partial charge in [0.05, 0.1) is 24.9 Å². The molecule has 2 aromatic carbocycles. The zero-order chi connectivity index (χ0) is 28.0. The Morgan fingerprint density at radius 1 is 1.16 bits per heavy atom. The summed E-state index contributed by atoms with van der Waals surface area (Å²) in [5, 5.41) is 22.3. The Bertz CT molecular complexity index is 1470. The van der Waals surface area contributed by atoms with Crippen LogP contribution in [0.25, 0.3) is 11.0 Å². The summed E-state index contributed by atoms with van der Waals surface area (Å²) in [6.07, 6.45) is -0.889. The lowest BCUT2D eigenvalue weighted by Crippen LogP contribution is -2.36. The number of hydrogen-bond donors (Lipinski definition) is 5. The van der Waals surface area contributed by atoms with Gasteiger partial charge in [-0.15, -0.1) is 0 Å². The van der Waals surface area contributed by atoms with Crippen LogP contribution >= 0.6 is 0 Å². The van der Waals surface area contributed by atoms with Gasteiger partial charge in [-0.25, -0.2) is 18.7 Å². The summed E-state index contributed by atoms with van der Waals surface area (Å²) < 4.78 is 53.8. The van der Waals surface area contributed by atoms with Crippen molar-refractivity contribution in [3.8, 4) is 5.75 Å². The SMILES string of the molecule is CNS(=O)(=O)Nc1cccc(Cc2c(CNC(CO)CO)c3ccc(OC(=O)N(C)C)cc3oc2=O)c1F. The number of amides is 1. The molecule has 3 rings (SSSR count). The molecule has 0 unspecified atom stereocenters. The predicted molar refractivity (Wildman–Crippen MR) is 138 cm³/mol. The van der Waals surface area contributed by atoms with Gasteiger partial charge in [-0.2, -0.15) is 8.42 Å². The highest BCUT2D eigenvalue weighted by Crippen LogP contribution is 2.28. The summed E-state index contributed by atoms with van der Waals surface area (Å²) in [4.78, 5) is 26.2. The summed E-state index contributed by atoms with van der Waals surface area (Å²) >= 11 is 0. The standard InChI is InChI=1S/C24H29FN4O8S/c1-26-38(34,35)28-20-6-4-5-14(22(20)25)9-18-19(11-27-15(12-30)13-31)17-8-7-16(36-24(33)29(2)3)10-21(17)37-23(18)32/h4-8,10,15,26-28,30-31H,9,11-13H2,1-3H3. The Balaban J connectivity index is 2.10. The topological polar surface area (TPSA) is 170 Å². The third-order valence-corrected chi connectivity index (χ3v) is 6.66. The lowest BCUT2D eigenvalue weighted by molar-refractivity contribution is 0.170. The van der Waals surface area contributed by atoms with Crippen molar-refractivity contribution in [2.45, 2.75) is 19.0 Å². The van der Waals surface area contributed by atoms with Crippen molar-refractivity contribution >= 4 is 33.0 Å². The fourth-order valence-electron chi connectivity index (χ4n) is 3.53. The minimum absolute atomic E-state index is 0.00620. The van der Waals surface area contributed by atoms with Crippen LogP contribution in [-0.2, 0) is 23.2 Å². The number of anilines is 1. The van der Waals surface area contributed by atoms with Gasteiger partial charge < -0.3 is 29.6 Å². The largest absolute Gasteiger partial charge is 0.422 e. The Labute approximate surface area is 218 Å². The molecule has 0 aliphatic carbocycles. The van der Waals surface area contributed by atoms with Crippen molar-refractivity contribution in [3.05, 3.63) is 69.3 Å². The molecular weight excluding hydrogens is 523 g/mol. The van der Waals surface area contributed by atoms with Gasteiger partial charge in [-0.05, 0) is 29.3 Å². The fourth-order valence-corrected chi connectivity index (χ4v) is 4.08. The van der Waals surface area contributed by atoms with E-state index in [1.807, 2.05) is 4.72 Å². The van der Waals surface area contributed by atoms with E-state index in [4.69, 9.17) is 9.15 Å². The molecule has 206 valence electrons. The maximum Gasteiger partial charge on any atom is 0.414 e. The maximum atomic E-state index is 15.2. The van der Waals surface area contributed by atoms with Crippen LogP contribution in [0.5, 0.6) is 5.75 Å². The van der Waals surface area contributed by atoms with E-state index in [0.717, 1.165) is 0 Å².